The lowest BCUT2D eigenvalue weighted by Gasteiger charge is -2.24. The summed E-state index contributed by atoms with van der Waals surface area (Å²) in [6.45, 7) is 1.90. The minimum absolute atomic E-state index is 0.0153. The molecular formula is C19H22N2O2. The van der Waals surface area contributed by atoms with Crippen molar-refractivity contribution >= 4 is 5.91 Å². The Hall–Kier alpha value is -2.33. The predicted molar refractivity (Wildman–Crippen MR) is 91.4 cm³/mol. The van der Waals surface area contributed by atoms with Crippen molar-refractivity contribution < 1.29 is 9.53 Å². The summed E-state index contributed by atoms with van der Waals surface area (Å²) in [6.07, 6.45) is 1.00. The molecule has 1 aliphatic heterocycles. The highest BCUT2D eigenvalue weighted by molar-refractivity contribution is 5.78. The number of para-hydroxylation sites is 1. The first-order chi connectivity index (χ1) is 11.3. The Bertz CT molecular complexity index is 651. The number of nitrogens with zero attached hydrogens (tertiary/aromatic N) is 1. The van der Waals surface area contributed by atoms with Crippen molar-refractivity contribution in [3.05, 3.63) is 54.6 Å². The number of rotatable bonds is 5. The summed E-state index contributed by atoms with van der Waals surface area (Å²) >= 11 is 0. The lowest BCUT2D eigenvalue weighted by Crippen LogP contribution is -2.40. The van der Waals surface area contributed by atoms with Crippen LogP contribution in [0.5, 0.6) is 5.75 Å². The van der Waals surface area contributed by atoms with Crippen molar-refractivity contribution in [3.8, 4) is 16.9 Å². The first-order valence-corrected chi connectivity index (χ1v) is 7.99. The maximum absolute atomic E-state index is 12.3. The van der Waals surface area contributed by atoms with E-state index in [4.69, 9.17) is 4.74 Å². The first-order valence-electron chi connectivity index (χ1n) is 7.99. The van der Waals surface area contributed by atoms with Gasteiger partial charge in [0.15, 0.2) is 6.61 Å². The normalized spacial score (nSPS) is 17.0. The van der Waals surface area contributed by atoms with Gasteiger partial charge in [-0.1, -0.05) is 48.5 Å². The number of amides is 1. The van der Waals surface area contributed by atoms with Crippen LogP contribution in [0.25, 0.3) is 11.1 Å². The van der Waals surface area contributed by atoms with E-state index in [-0.39, 0.29) is 18.6 Å². The fourth-order valence-electron chi connectivity index (χ4n) is 2.86. The molecular weight excluding hydrogens is 288 g/mol. The monoisotopic (exact) mass is 310 g/mol. The molecule has 2 aromatic carbocycles. The van der Waals surface area contributed by atoms with Crippen molar-refractivity contribution in [2.45, 2.75) is 12.5 Å². The van der Waals surface area contributed by atoms with Gasteiger partial charge in [-0.15, -0.1) is 0 Å². The summed E-state index contributed by atoms with van der Waals surface area (Å²) in [6, 6.07) is 18.2. The third-order valence-electron chi connectivity index (χ3n) is 4.30. The van der Waals surface area contributed by atoms with E-state index in [2.05, 4.69) is 5.32 Å². The Morgan fingerprint density at radius 1 is 1.17 bits per heavy atom. The Balaban J connectivity index is 1.68. The second-order valence-corrected chi connectivity index (χ2v) is 5.80. The largest absolute Gasteiger partial charge is 0.483 e. The molecule has 0 saturated carbocycles. The van der Waals surface area contributed by atoms with E-state index < -0.39 is 0 Å². The minimum Gasteiger partial charge on any atom is -0.483 e. The maximum Gasteiger partial charge on any atom is 0.260 e. The number of carbonyl (C=O) groups excluding carboxylic acids is 1. The molecule has 1 atom stereocenters. The summed E-state index contributed by atoms with van der Waals surface area (Å²) in [5.74, 6) is 0.756. The summed E-state index contributed by atoms with van der Waals surface area (Å²) in [5.41, 5.74) is 2.09. The van der Waals surface area contributed by atoms with Crippen molar-refractivity contribution in [2.75, 3.05) is 26.7 Å². The number of ether oxygens (including phenoxy) is 1. The van der Waals surface area contributed by atoms with E-state index in [1.807, 2.05) is 61.6 Å². The standard InChI is InChI=1S/C19H22N2O2/c1-21(16-11-12-20-13-16)19(22)14-23-18-10-6-5-9-17(18)15-7-3-2-4-8-15/h2-10,16,20H,11-14H2,1H3. The third kappa shape index (κ3) is 3.71. The molecule has 1 heterocycles. The molecule has 4 heteroatoms. The van der Waals surface area contributed by atoms with E-state index in [1.54, 1.807) is 4.90 Å². The van der Waals surface area contributed by atoms with Gasteiger partial charge in [0, 0.05) is 25.2 Å². The molecule has 1 saturated heterocycles. The molecule has 1 amide bonds. The third-order valence-corrected chi connectivity index (χ3v) is 4.30. The van der Waals surface area contributed by atoms with Crippen LogP contribution in [0.3, 0.4) is 0 Å². The van der Waals surface area contributed by atoms with Crippen LogP contribution in [0.2, 0.25) is 0 Å². The van der Waals surface area contributed by atoms with E-state index >= 15 is 0 Å². The SMILES string of the molecule is CN(C(=O)COc1ccccc1-c1ccccc1)C1CCNC1. The molecule has 1 fully saturated rings. The van der Waals surface area contributed by atoms with Gasteiger partial charge in [0.1, 0.15) is 5.75 Å². The molecule has 0 aliphatic carbocycles. The number of hydrogen-bond donors (Lipinski definition) is 1. The van der Waals surface area contributed by atoms with Gasteiger partial charge in [-0.2, -0.15) is 0 Å². The second kappa shape index (κ2) is 7.29. The topological polar surface area (TPSA) is 41.6 Å². The van der Waals surface area contributed by atoms with E-state index in [0.717, 1.165) is 36.4 Å². The number of benzene rings is 2. The lowest BCUT2D eigenvalue weighted by atomic mass is 10.1. The lowest BCUT2D eigenvalue weighted by molar-refractivity contribution is -0.133. The molecule has 2 aromatic rings. The van der Waals surface area contributed by atoms with Gasteiger partial charge in [0.2, 0.25) is 0 Å². The summed E-state index contributed by atoms with van der Waals surface area (Å²) in [4.78, 5) is 14.1. The van der Waals surface area contributed by atoms with Crippen molar-refractivity contribution in [3.63, 3.8) is 0 Å². The zero-order chi connectivity index (χ0) is 16.1. The molecule has 1 unspecified atom stereocenters. The number of carbonyl (C=O) groups is 1. The molecule has 0 aromatic heterocycles. The van der Waals surface area contributed by atoms with Crippen LogP contribution in [-0.2, 0) is 4.79 Å². The molecule has 23 heavy (non-hydrogen) atoms. The molecule has 1 N–H and O–H groups in total. The quantitative estimate of drug-likeness (QED) is 0.923. The van der Waals surface area contributed by atoms with Crippen LogP contribution in [0.1, 0.15) is 6.42 Å². The summed E-state index contributed by atoms with van der Waals surface area (Å²) in [5, 5.41) is 3.28. The molecule has 120 valence electrons. The molecule has 0 radical (unpaired) electrons. The molecule has 0 bridgehead atoms. The minimum atomic E-state index is 0.0153. The number of nitrogens with one attached hydrogen (secondary N) is 1. The van der Waals surface area contributed by atoms with Crippen molar-refractivity contribution in [2.24, 2.45) is 0 Å². The van der Waals surface area contributed by atoms with Gasteiger partial charge < -0.3 is 15.0 Å². The van der Waals surface area contributed by atoms with Gasteiger partial charge in [-0.3, -0.25) is 4.79 Å². The van der Waals surface area contributed by atoms with Gasteiger partial charge in [-0.05, 0) is 24.6 Å². The smallest absolute Gasteiger partial charge is 0.260 e. The van der Waals surface area contributed by atoms with Crippen LogP contribution in [0, 0.1) is 0 Å². The Morgan fingerprint density at radius 2 is 1.91 bits per heavy atom. The van der Waals surface area contributed by atoms with Crippen LogP contribution in [-0.4, -0.2) is 43.6 Å². The molecule has 1 aliphatic rings. The maximum atomic E-state index is 12.3. The fourth-order valence-corrected chi connectivity index (χ4v) is 2.86. The molecule has 4 nitrogen and oxygen atoms in total. The van der Waals surface area contributed by atoms with Gasteiger partial charge in [0.05, 0.1) is 0 Å². The summed E-state index contributed by atoms with van der Waals surface area (Å²) in [7, 11) is 1.85. The van der Waals surface area contributed by atoms with Crippen LogP contribution in [0.15, 0.2) is 54.6 Å². The van der Waals surface area contributed by atoms with Crippen LogP contribution in [0.4, 0.5) is 0 Å². The zero-order valence-corrected chi connectivity index (χ0v) is 13.4. The second-order valence-electron chi connectivity index (χ2n) is 5.80. The number of likely N-dealkylation sites (N-methyl/N-ethyl adjacent to an activating group) is 1. The Labute approximate surface area is 137 Å². The average Bonchev–Trinajstić information content (AvgIpc) is 3.14. The highest BCUT2D eigenvalue weighted by atomic mass is 16.5. The van der Waals surface area contributed by atoms with Crippen molar-refractivity contribution in [1.82, 2.24) is 10.2 Å². The summed E-state index contributed by atoms with van der Waals surface area (Å²) < 4.78 is 5.82. The highest BCUT2D eigenvalue weighted by Crippen LogP contribution is 2.29. The predicted octanol–water partition coefficient (Wildman–Crippen LogP) is 2.55. The number of hydrogen-bond acceptors (Lipinski definition) is 3. The van der Waals surface area contributed by atoms with Gasteiger partial charge in [-0.25, -0.2) is 0 Å². The van der Waals surface area contributed by atoms with E-state index in [0.29, 0.717) is 0 Å². The van der Waals surface area contributed by atoms with Gasteiger partial charge >= 0.3 is 0 Å². The van der Waals surface area contributed by atoms with Gasteiger partial charge in [0.25, 0.3) is 5.91 Å². The molecule has 0 spiro atoms. The first kappa shape index (κ1) is 15.6. The Morgan fingerprint density at radius 3 is 2.65 bits per heavy atom. The van der Waals surface area contributed by atoms with Crippen LogP contribution < -0.4 is 10.1 Å². The van der Waals surface area contributed by atoms with Crippen LogP contribution >= 0.6 is 0 Å². The average molecular weight is 310 g/mol. The van der Waals surface area contributed by atoms with E-state index in [1.165, 1.54) is 0 Å². The van der Waals surface area contributed by atoms with E-state index in [9.17, 15) is 4.79 Å². The zero-order valence-electron chi connectivity index (χ0n) is 13.4. The fraction of sp³-hybridized carbons (Fsp3) is 0.316. The van der Waals surface area contributed by atoms with Crippen molar-refractivity contribution in [1.29, 1.82) is 0 Å². The Kier molecular flexibility index (Phi) is 4.93. The molecule has 3 rings (SSSR count). The highest BCUT2D eigenvalue weighted by Gasteiger charge is 2.23.